The molecule has 11 heteroatoms. The van der Waals surface area contributed by atoms with Crippen LogP contribution in [-0.4, -0.2) is 44.3 Å². The maximum atomic E-state index is 12.9. The molecule has 1 aliphatic carbocycles. The second kappa shape index (κ2) is 8.99. The van der Waals surface area contributed by atoms with E-state index in [1.165, 1.54) is 13.2 Å². The van der Waals surface area contributed by atoms with Crippen molar-refractivity contribution < 1.29 is 32.9 Å². The number of nitrogens with one attached hydrogen (secondary N) is 1. The molecule has 1 fully saturated rings. The van der Waals surface area contributed by atoms with Gasteiger partial charge in [0.25, 0.3) is 5.91 Å². The minimum Gasteiger partial charge on any atom is -0.494 e. The van der Waals surface area contributed by atoms with Gasteiger partial charge in [0.15, 0.2) is 6.29 Å². The molecule has 0 bridgehead atoms. The molecule has 0 unspecified atom stereocenters. The van der Waals surface area contributed by atoms with E-state index in [4.69, 9.17) is 4.74 Å². The summed E-state index contributed by atoms with van der Waals surface area (Å²) in [7, 11) is 1.41. The van der Waals surface area contributed by atoms with Gasteiger partial charge in [-0.05, 0) is 43.9 Å². The SMILES string of the molecule is COc1cc2nn([C@H]3CC[C@H](C(O)O)CC3)cc2cc1NC(=O)c1cccc(C(F)(F)F)n1. The third-order valence-electron chi connectivity index (χ3n) is 5.90. The van der Waals surface area contributed by atoms with Crippen molar-refractivity contribution >= 4 is 22.5 Å². The quantitative estimate of drug-likeness (QED) is 0.496. The average Bonchev–Trinajstić information content (AvgIpc) is 3.21. The molecule has 2 aromatic heterocycles. The van der Waals surface area contributed by atoms with Gasteiger partial charge >= 0.3 is 6.18 Å². The highest BCUT2D eigenvalue weighted by Crippen LogP contribution is 2.36. The van der Waals surface area contributed by atoms with Gasteiger partial charge in [0.1, 0.15) is 17.1 Å². The first-order valence-corrected chi connectivity index (χ1v) is 10.4. The number of nitrogens with zero attached hydrogens (tertiary/aromatic N) is 3. The molecular weight excluding hydrogens is 441 g/mol. The van der Waals surface area contributed by atoms with Gasteiger partial charge in [-0.1, -0.05) is 6.07 Å². The predicted molar refractivity (Wildman–Crippen MR) is 113 cm³/mol. The molecule has 1 amide bonds. The van der Waals surface area contributed by atoms with Crippen molar-refractivity contribution in [3.63, 3.8) is 0 Å². The van der Waals surface area contributed by atoms with Crippen LogP contribution in [0.25, 0.3) is 10.9 Å². The Hall–Kier alpha value is -3.18. The molecule has 0 aliphatic heterocycles. The van der Waals surface area contributed by atoms with E-state index < -0.39 is 24.1 Å². The zero-order valence-electron chi connectivity index (χ0n) is 17.7. The van der Waals surface area contributed by atoms with Gasteiger partial charge in [0, 0.05) is 23.6 Å². The number of anilines is 1. The maximum absolute atomic E-state index is 12.9. The molecule has 1 aromatic carbocycles. The van der Waals surface area contributed by atoms with Crippen molar-refractivity contribution in [2.45, 2.75) is 44.2 Å². The van der Waals surface area contributed by atoms with Gasteiger partial charge < -0.3 is 20.3 Å². The molecule has 2 heterocycles. The number of aliphatic hydroxyl groups excluding tert-OH is 1. The van der Waals surface area contributed by atoms with Crippen LogP contribution in [0.5, 0.6) is 5.75 Å². The standard InChI is InChI=1S/C22H23F3N4O4/c1-33-18-10-16-13(11-29(28-16)14-7-5-12(6-8-14)21(31)32)9-17(18)27-20(30)15-3-2-4-19(26-15)22(23,24)25/h2-4,9-12,14,21,31-32H,5-8H2,1H3,(H,27,30)/t12-,14-. The fourth-order valence-electron chi connectivity index (χ4n) is 4.09. The summed E-state index contributed by atoms with van der Waals surface area (Å²) >= 11 is 0. The van der Waals surface area contributed by atoms with E-state index in [0.717, 1.165) is 25.0 Å². The molecule has 4 rings (SSSR count). The minimum atomic E-state index is -4.66. The number of hydrogen-bond acceptors (Lipinski definition) is 6. The van der Waals surface area contributed by atoms with Crippen LogP contribution in [-0.2, 0) is 6.18 Å². The van der Waals surface area contributed by atoms with Crippen LogP contribution >= 0.6 is 0 Å². The summed E-state index contributed by atoms with van der Waals surface area (Å²) in [6.45, 7) is 0. The van der Waals surface area contributed by atoms with Gasteiger partial charge in [-0.2, -0.15) is 18.3 Å². The van der Waals surface area contributed by atoms with Crippen LogP contribution in [0.15, 0.2) is 36.5 Å². The zero-order chi connectivity index (χ0) is 23.8. The largest absolute Gasteiger partial charge is 0.494 e. The van der Waals surface area contributed by atoms with Crippen molar-refractivity contribution in [2.75, 3.05) is 12.4 Å². The number of rotatable bonds is 5. The second-order valence-electron chi connectivity index (χ2n) is 8.06. The first-order valence-electron chi connectivity index (χ1n) is 10.4. The highest BCUT2D eigenvalue weighted by atomic mass is 19.4. The first-order chi connectivity index (χ1) is 15.7. The van der Waals surface area contributed by atoms with Crippen molar-refractivity contribution in [1.82, 2.24) is 14.8 Å². The van der Waals surface area contributed by atoms with Crippen LogP contribution in [0.1, 0.15) is 47.9 Å². The van der Waals surface area contributed by atoms with Crippen LogP contribution in [0.4, 0.5) is 18.9 Å². The van der Waals surface area contributed by atoms with Crippen LogP contribution in [0.2, 0.25) is 0 Å². The summed E-state index contributed by atoms with van der Waals surface area (Å²) in [6.07, 6.45) is -1.30. The molecule has 1 aliphatic rings. The number of fused-ring (bicyclic) bond motifs is 1. The average molecular weight is 464 g/mol. The smallest absolute Gasteiger partial charge is 0.433 e. The van der Waals surface area contributed by atoms with E-state index in [2.05, 4.69) is 15.4 Å². The zero-order valence-corrected chi connectivity index (χ0v) is 17.7. The Labute approximate surface area is 187 Å². The Morgan fingerprint density at radius 3 is 2.58 bits per heavy atom. The minimum absolute atomic E-state index is 0.103. The summed E-state index contributed by atoms with van der Waals surface area (Å²) in [5.74, 6) is -0.634. The van der Waals surface area contributed by atoms with Crippen molar-refractivity contribution in [1.29, 1.82) is 0 Å². The van der Waals surface area contributed by atoms with Gasteiger partial charge in [0.05, 0.1) is 24.4 Å². The van der Waals surface area contributed by atoms with Gasteiger partial charge in [0.2, 0.25) is 0 Å². The normalized spacial score (nSPS) is 19.1. The highest BCUT2D eigenvalue weighted by molar-refractivity contribution is 6.05. The number of ether oxygens (including phenoxy) is 1. The van der Waals surface area contributed by atoms with Crippen molar-refractivity contribution in [2.24, 2.45) is 5.92 Å². The fourth-order valence-corrected chi connectivity index (χ4v) is 4.09. The first kappa shape index (κ1) is 23.0. The van der Waals surface area contributed by atoms with E-state index in [1.54, 1.807) is 12.1 Å². The topological polar surface area (TPSA) is 110 Å². The Morgan fingerprint density at radius 2 is 1.94 bits per heavy atom. The maximum Gasteiger partial charge on any atom is 0.433 e. The summed E-state index contributed by atoms with van der Waals surface area (Å²) < 4.78 is 45.9. The van der Waals surface area contributed by atoms with E-state index in [-0.39, 0.29) is 23.3 Å². The summed E-state index contributed by atoms with van der Waals surface area (Å²) in [5.41, 5.74) is -0.611. The molecule has 0 saturated heterocycles. The third-order valence-corrected chi connectivity index (χ3v) is 5.90. The van der Waals surface area contributed by atoms with Gasteiger partial charge in [-0.3, -0.25) is 9.48 Å². The predicted octanol–water partition coefficient (Wildman–Crippen LogP) is 3.75. The van der Waals surface area contributed by atoms with Crippen LogP contribution < -0.4 is 10.1 Å². The number of alkyl halides is 3. The Bertz CT molecular complexity index is 1150. The number of carbonyl (C=O) groups is 1. The molecule has 8 nitrogen and oxygen atoms in total. The lowest BCUT2D eigenvalue weighted by molar-refractivity contribution is -0.141. The third kappa shape index (κ3) is 4.93. The molecule has 3 N–H and O–H groups in total. The van der Waals surface area contributed by atoms with Crippen LogP contribution in [0.3, 0.4) is 0 Å². The molecular formula is C22H23F3N4O4. The Morgan fingerprint density at radius 1 is 1.21 bits per heavy atom. The lowest BCUT2D eigenvalue weighted by Crippen LogP contribution is -2.26. The van der Waals surface area contributed by atoms with Gasteiger partial charge in [-0.15, -0.1) is 0 Å². The second-order valence-corrected chi connectivity index (χ2v) is 8.06. The number of halogens is 3. The van der Waals surface area contributed by atoms with Crippen LogP contribution in [0, 0.1) is 5.92 Å². The lowest BCUT2D eigenvalue weighted by Gasteiger charge is -2.29. The molecule has 1 saturated carbocycles. The number of hydrogen-bond donors (Lipinski definition) is 3. The number of pyridine rings is 1. The molecule has 176 valence electrons. The monoisotopic (exact) mass is 464 g/mol. The molecule has 3 aromatic rings. The van der Waals surface area contributed by atoms with Gasteiger partial charge in [-0.25, -0.2) is 4.98 Å². The number of benzene rings is 1. The number of methoxy groups -OCH3 is 1. The van der Waals surface area contributed by atoms with Crippen molar-refractivity contribution in [3.05, 3.63) is 47.9 Å². The van der Waals surface area contributed by atoms with E-state index in [1.807, 2.05) is 10.9 Å². The van der Waals surface area contributed by atoms with Crippen molar-refractivity contribution in [3.8, 4) is 5.75 Å². The van der Waals surface area contributed by atoms with E-state index >= 15 is 0 Å². The Kier molecular flexibility index (Phi) is 6.26. The summed E-state index contributed by atoms with van der Waals surface area (Å²) in [6, 6.07) is 6.52. The summed E-state index contributed by atoms with van der Waals surface area (Å²) in [5, 5.41) is 26.6. The summed E-state index contributed by atoms with van der Waals surface area (Å²) in [4.78, 5) is 16.0. The Balaban J connectivity index is 1.56. The van der Waals surface area contributed by atoms with E-state index in [0.29, 0.717) is 29.5 Å². The molecule has 0 radical (unpaired) electrons. The number of amides is 1. The molecule has 0 spiro atoms. The molecule has 0 atom stereocenters. The van der Waals surface area contributed by atoms with E-state index in [9.17, 15) is 28.2 Å². The number of aromatic nitrogens is 3. The molecule has 33 heavy (non-hydrogen) atoms. The number of aliphatic hydroxyl groups is 2. The highest BCUT2D eigenvalue weighted by Gasteiger charge is 2.33. The fraction of sp³-hybridized carbons (Fsp3) is 0.409. The lowest BCUT2D eigenvalue weighted by atomic mass is 9.86. The number of carbonyl (C=O) groups excluding carboxylic acids is 1.